The highest BCUT2D eigenvalue weighted by atomic mass is 14.5. The molecule has 2 N–H and O–H groups in total. The van der Waals surface area contributed by atoms with Gasteiger partial charge < -0.3 is 5.73 Å². The van der Waals surface area contributed by atoms with Crippen molar-refractivity contribution in [1.29, 1.82) is 0 Å². The predicted molar refractivity (Wildman–Crippen MR) is 88.5 cm³/mol. The second-order valence-electron chi connectivity index (χ2n) is 6.64. The average molecular weight is 270 g/mol. The third-order valence-corrected chi connectivity index (χ3v) is 4.36. The van der Waals surface area contributed by atoms with Crippen LogP contribution in [0.4, 0.5) is 0 Å². The van der Waals surface area contributed by atoms with E-state index in [1.165, 1.54) is 77.0 Å². The largest absolute Gasteiger partial charge is 0.330 e. The first-order chi connectivity index (χ1) is 9.20. The molecule has 116 valence electrons. The molecule has 2 atom stereocenters. The maximum absolute atomic E-state index is 5.66. The van der Waals surface area contributed by atoms with Crippen LogP contribution in [0.3, 0.4) is 0 Å². The average Bonchev–Trinajstić information content (AvgIpc) is 2.42. The van der Waals surface area contributed by atoms with Gasteiger partial charge in [-0.25, -0.2) is 0 Å². The fourth-order valence-corrected chi connectivity index (χ4v) is 2.63. The Bertz CT molecular complexity index is 167. The van der Waals surface area contributed by atoms with E-state index in [1.54, 1.807) is 0 Å². The lowest BCUT2D eigenvalue weighted by Crippen LogP contribution is -2.11. The van der Waals surface area contributed by atoms with Gasteiger partial charge in [0, 0.05) is 0 Å². The maximum Gasteiger partial charge on any atom is -0.00515 e. The number of unbranched alkanes of at least 4 members (excludes halogenated alkanes) is 8. The van der Waals surface area contributed by atoms with Gasteiger partial charge in [0.15, 0.2) is 0 Å². The van der Waals surface area contributed by atoms with Crippen LogP contribution in [0.25, 0.3) is 0 Å². The van der Waals surface area contributed by atoms with Gasteiger partial charge in [-0.3, -0.25) is 0 Å². The molecular formula is C18H39N. The first-order valence-corrected chi connectivity index (χ1v) is 8.90. The molecule has 0 aromatic rings. The molecule has 0 rings (SSSR count). The maximum atomic E-state index is 5.66. The van der Waals surface area contributed by atoms with Crippen LogP contribution >= 0.6 is 0 Å². The molecule has 0 spiro atoms. The van der Waals surface area contributed by atoms with Gasteiger partial charge >= 0.3 is 0 Å². The molecule has 0 radical (unpaired) electrons. The van der Waals surface area contributed by atoms with Crippen molar-refractivity contribution >= 4 is 0 Å². The van der Waals surface area contributed by atoms with Crippen molar-refractivity contribution in [1.82, 2.24) is 0 Å². The molecule has 0 aliphatic carbocycles. The van der Waals surface area contributed by atoms with Crippen LogP contribution in [-0.4, -0.2) is 6.54 Å². The summed E-state index contributed by atoms with van der Waals surface area (Å²) < 4.78 is 0. The van der Waals surface area contributed by atoms with Gasteiger partial charge in [-0.15, -0.1) is 0 Å². The van der Waals surface area contributed by atoms with Gasteiger partial charge in [-0.2, -0.15) is 0 Å². The van der Waals surface area contributed by atoms with Crippen LogP contribution in [0.5, 0.6) is 0 Å². The Morgan fingerprint density at radius 3 is 1.63 bits per heavy atom. The first kappa shape index (κ1) is 19.0. The summed E-state index contributed by atoms with van der Waals surface area (Å²) in [5, 5.41) is 0. The van der Waals surface area contributed by atoms with Gasteiger partial charge in [0.2, 0.25) is 0 Å². The minimum absolute atomic E-state index is 0.713. The van der Waals surface area contributed by atoms with Gasteiger partial charge in [0.05, 0.1) is 0 Å². The number of hydrogen-bond donors (Lipinski definition) is 1. The van der Waals surface area contributed by atoms with E-state index in [2.05, 4.69) is 20.8 Å². The SMILES string of the molecule is CCCCCCCCCCCC(C)CCC(C)CN. The molecule has 0 aromatic heterocycles. The monoisotopic (exact) mass is 269 g/mol. The summed E-state index contributed by atoms with van der Waals surface area (Å²) in [7, 11) is 0. The van der Waals surface area contributed by atoms with E-state index < -0.39 is 0 Å². The van der Waals surface area contributed by atoms with Crippen molar-refractivity contribution in [2.45, 2.75) is 97.8 Å². The summed E-state index contributed by atoms with van der Waals surface area (Å²) in [5.41, 5.74) is 5.66. The van der Waals surface area contributed by atoms with Crippen molar-refractivity contribution in [2.24, 2.45) is 17.6 Å². The normalized spacial score (nSPS) is 14.5. The fraction of sp³-hybridized carbons (Fsp3) is 1.00. The van der Waals surface area contributed by atoms with Crippen LogP contribution in [0.1, 0.15) is 97.8 Å². The zero-order valence-electron chi connectivity index (χ0n) is 13.9. The summed E-state index contributed by atoms with van der Waals surface area (Å²) in [5.74, 6) is 1.61. The highest BCUT2D eigenvalue weighted by molar-refractivity contribution is 4.59. The van der Waals surface area contributed by atoms with E-state index in [9.17, 15) is 0 Å². The topological polar surface area (TPSA) is 26.0 Å². The van der Waals surface area contributed by atoms with E-state index in [0.717, 1.165) is 12.5 Å². The van der Waals surface area contributed by atoms with E-state index in [4.69, 9.17) is 5.73 Å². The smallest absolute Gasteiger partial charge is 0.00515 e. The molecule has 0 amide bonds. The molecule has 0 aliphatic rings. The molecule has 0 heterocycles. The predicted octanol–water partition coefficient (Wildman–Crippen LogP) is 5.92. The minimum Gasteiger partial charge on any atom is -0.330 e. The molecule has 2 unspecified atom stereocenters. The molecule has 0 saturated heterocycles. The van der Waals surface area contributed by atoms with Crippen LogP contribution in [0.2, 0.25) is 0 Å². The second-order valence-corrected chi connectivity index (χ2v) is 6.64. The first-order valence-electron chi connectivity index (χ1n) is 8.90. The zero-order valence-corrected chi connectivity index (χ0v) is 13.9. The number of nitrogens with two attached hydrogens (primary N) is 1. The second kappa shape index (κ2) is 14.4. The third-order valence-electron chi connectivity index (χ3n) is 4.36. The molecule has 0 aliphatic heterocycles. The zero-order chi connectivity index (χ0) is 14.3. The Hall–Kier alpha value is -0.0400. The van der Waals surface area contributed by atoms with Gasteiger partial charge in [0.25, 0.3) is 0 Å². The van der Waals surface area contributed by atoms with Crippen LogP contribution < -0.4 is 5.73 Å². The highest BCUT2D eigenvalue weighted by Gasteiger charge is 2.05. The Morgan fingerprint density at radius 2 is 1.11 bits per heavy atom. The molecule has 1 nitrogen and oxygen atoms in total. The van der Waals surface area contributed by atoms with E-state index in [-0.39, 0.29) is 0 Å². The van der Waals surface area contributed by atoms with E-state index in [0.29, 0.717) is 5.92 Å². The lowest BCUT2D eigenvalue weighted by atomic mass is 9.93. The summed E-state index contributed by atoms with van der Waals surface area (Å²) >= 11 is 0. The molecule has 1 heteroatoms. The Morgan fingerprint density at radius 1 is 0.632 bits per heavy atom. The summed E-state index contributed by atoms with van der Waals surface area (Å²) in [6, 6.07) is 0. The molecule has 0 fully saturated rings. The summed E-state index contributed by atoms with van der Waals surface area (Å²) in [4.78, 5) is 0. The van der Waals surface area contributed by atoms with Crippen molar-refractivity contribution in [2.75, 3.05) is 6.54 Å². The Balaban J connectivity index is 3.16. The Kier molecular flexibility index (Phi) is 14.3. The lowest BCUT2D eigenvalue weighted by molar-refractivity contribution is 0.401. The quantitative estimate of drug-likeness (QED) is 0.389. The van der Waals surface area contributed by atoms with Gasteiger partial charge in [0.1, 0.15) is 0 Å². The summed E-state index contributed by atoms with van der Waals surface area (Å²) in [6.45, 7) is 7.82. The third kappa shape index (κ3) is 14.2. The van der Waals surface area contributed by atoms with E-state index in [1.807, 2.05) is 0 Å². The van der Waals surface area contributed by atoms with Crippen molar-refractivity contribution in [3.63, 3.8) is 0 Å². The van der Waals surface area contributed by atoms with Crippen molar-refractivity contribution in [3.05, 3.63) is 0 Å². The standard InChI is InChI=1S/C18H39N/c1-4-5-6-7-8-9-10-11-12-13-17(2)14-15-18(3)16-19/h17-18H,4-16,19H2,1-3H3. The van der Waals surface area contributed by atoms with Gasteiger partial charge in [-0.1, -0.05) is 91.4 Å². The van der Waals surface area contributed by atoms with Crippen LogP contribution in [0, 0.1) is 11.8 Å². The van der Waals surface area contributed by atoms with E-state index >= 15 is 0 Å². The molecule has 19 heavy (non-hydrogen) atoms. The lowest BCUT2D eigenvalue weighted by Gasteiger charge is -2.14. The molecule has 0 bridgehead atoms. The summed E-state index contributed by atoms with van der Waals surface area (Å²) in [6.07, 6.45) is 17.1. The molecule has 0 aromatic carbocycles. The Labute approximate surface area is 122 Å². The van der Waals surface area contributed by atoms with Crippen molar-refractivity contribution < 1.29 is 0 Å². The number of rotatable bonds is 14. The highest BCUT2D eigenvalue weighted by Crippen LogP contribution is 2.18. The van der Waals surface area contributed by atoms with Crippen LogP contribution in [-0.2, 0) is 0 Å². The molecular weight excluding hydrogens is 230 g/mol. The van der Waals surface area contributed by atoms with Crippen molar-refractivity contribution in [3.8, 4) is 0 Å². The van der Waals surface area contributed by atoms with Crippen LogP contribution in [0.15, 0.2) is 0 Å². The number of hydrogen-bond acceptors (Lipinski definition) is 1. The fourth-order valence-electron chi connectivity index (χ4n) is 2.63. The molecule has 0 saturated carbocycles. The van der Waals surface area contributed by atoms with Gasteiger partial charge in [-0.05, 0) is 24.8 Å². The minimum atomic E-state index is 0.713.